The van der Waals surface area contributed by atoms with Gasteiger partial charge in [0.15, 0.2) is 0 Å². The Morgan fingerprint density at radius 3 is 3.00 bits per heavy atom. The van der Waals surface area contributed by atoms with Crippen molar-refractivity contribution >= 4 is 11.6 Å². The molecule has 0 radical (unpaired) electrons. The third-order valence-corrected chi connectivity index (χ3v) is 3.04. The molecular formula is C13H16ClN3. The minimum Gasteiger partial charge on any atom is -0.344 e. The highest BCUT2D eigenvalue weighted by atomic mass is 35.5. The molecule has 0 saturated heterocycles. The lowest BCUT2D eigenvalue weighted by molar-refractivity contribution is 0.635. The number of nitrogens with one attached hydrogen (secondary N) is 2. The summed E-state index contributed by atoms with van der Waals surface area (Å²) in [5.74, 6) is 0.962. The van der Waals surface area contributed by atoms with Crippen LogP contribution in [0.25, 0.3) is 0 Å². The molecule has 0 bridgehead atoms. The first-order valence-corrected chi connectivity index (χ1v) is 6.02. The lowest BCUT2D eigenvalue weighted by Gasteiger charge is -2.06. The van der Waals surface area contributed by atoms with E-state index in [1.807, 2.05) is 31.4 Å². The molecule has 17 heavy (non-hydrogen) atoms. The highest BCUT2D eigenvalue weighted by Gasteiger charge is 2.07. The zero-order valence-electron chi connectivity index (χ0n) is 10.00. The van der Waals surface area contributed by atoms with E-state index in [4.69, 9.17) is 11.6 Å². The van der Waals surface area contributed by atoms with Gasteiger partial charge in [-0.2, -0.15) is 0 Å². The van der Waals surface area contributed by atoms with Gasteiger partial charge in [0, 0.05) is 23.7 Å². The maximum Gasteiger partial charge on any atom is 0.110 e. The standard InChI is InChI=1S/C13H16ClN3/c1-9(15-2)12-8-16-13(17-12)7-10-4-3-5-11(14)6-10/h3-6,8-9,15H,7H2,1-2H3,(H,16,17). The highest BCUT2D eigenvalue weighted by molar-refractivity contribution is 6.30. The van der Waals surface area contributed by atoms with Crippen molar-refractivity contribution in [1.29, 1.82) is 0 Å². The van der Waals surface area contributed by atoms with E-state index in [0.717, 1.165) is 28.5 Å². The number of halogens is 1. The van der Waals surface area contributed by atoms with Gasteiger partial charge in [-0.15, -0.1) is 0 Å². The van der Waals surface area contributed by atoms with Crippen LogP contribution in [0.2, 0.25) is 5.02 Å². The molecule has 0 spiro atoms. The normalized spacial score (nSPS) is 12.6. The van der Waals surface area contributed by atoms with Gasteiger partial charge in [0.1, 0.15) is 5.82 Å². The first-order valence-electron chi connectivity index (χ1n) is 5.64. The van der Waals surface area contributed by atoms with Gasteiger partial charge in [0.05, 0.1) is 5.69 Å². The minimum atomic E-state index is 0.288. The van der Waals surface area contributed by atoms with Gasteiger partial charge >= 0.3 is 0 Å². The maximum absolute atomic E-state index is 5.95. The van der Waals surface area contributed by atoms with Gasteiger partial charge in [0.2, 0.25) is 0 Å². The smallest absolute Gasteiger partial charge is 0.110 e. The van der Waals surface area contributed by atoms with Crippen molar-refractivity contribution in [3.63, 3.8) is 0 Å². The van der Waals surface area contributed by atoms with E-state index in [1.165, 1.54) is 0 Å². The number of imidazole rings is 1. The molecule has 0 fully saturated rings. The average Bonchev–Trinajstić information content (AvgIpc) is 2.76. The van der Waals surface area contributed by atoms with Gasteiger partial charge in [-0.05, 0) is 31.7 Å². The number of hydrogen-bond acceptors (Lipinski definition) is 2. The molecule has 1 aromatic heterocycles. The number of nitrogens with zero attached hydrogens (tertiary/aromatic N) is 1. The van der Waals surface area contributed by atoms with Crippen LogP contribution in [0.5, 0.6) is 0 Å². The van der Waals surface area contributed by atoms with Crippen molar-refractivity contribution in [2.45, 2.75) is 19.4 Å². The molecular weight excluding hydrogens is 234 g/mol. The molecule has 3 nitrogen and oxygen atoms in total. The topological polar surface area (TPSA) is 40.7 Å². The molecule has 1 unspecified atom stereocenters. The van der Waals surface area contributed by atoms with Crippen LogP contribution in [0.4, 0.5) is 0 Å². The molecule has 2 aromatic rings. The van der Waals surface area contributed by atoms with Crippen molar-refractivity contribution in [2.75, 3.05) is 7.05 Å². The Labute approximate surface area is 106 Å². The van der Waals surface area contributed by atoms with Crippen LogP contribution >= 0.6 is 11.6 Å². The molecule has 90 valence electrons. The summed E-state index contributed by atoms with van der Waals surface area (Å²) in [6.07, 6.45) is 2.65. The Bertz CT molecular complexity index is 493. The fraction of sp³-hybridized carbons (Fsp3) is 0.308. The van der Waals surface area contributed by atoms with E-state index in [2.05, 4.69) is 28.3 Å². The molecule has 2 N–H and O–H groups in total. The van der Waals surface area contributed by atoms with Crippen molar-refractivity contribution in [1.82, 2.24) is 15.3 Å². The van der Waals surface area contributed by atoms with Crippen LogP contribution in [-0.2, 0) is 6.42 Å². The first kappa shape index (κ1) is 12.1. The molecule has 0 aliphatic carbocycles. The predicted molar refractivity (Wildman–Crippen MR) is 70.3 cm³/mol. The molecule has 0 saturated carbocycles. The fourth-order valence-corrected chi connectivity index (χ4v) is 1.90. The van der Waals surface area contributed by atoms with Crippen molar-refractivity contribution in [2.24, 2.45) is 0 Å². The number of H-pyrrole nitrogens is 1. The third kappa shape index (κ3) is 3.08. The summed E-state index contributed by atoms with van der Waals surface area (Å²) in [7, 11) is 1.93. The van der Waals surface area contributed by atoms with Gasteiger partial charge in [0.25, 0.3) is 0 Å². The number of benzene rings is 1. The molecule has 1 heterocycles. The van der Waals surface area contributed by atoms with Crippen molar-refractivity contribution in [3.05, 3.63) is 52.6 Å². The number of aromatic amines is 1. The summed E-state index contributed by atoms with van der Waals surface area (Å²) in [5.41, 5.74) is 2.26. The van der Waals surface area contributed by atoms with Gasteiger partial charge in [-0.3, -0.25) is 0 Å². The zero-order valence-corrected chi connectivity index (χ0v) is 10.8. The summed E-state index contributed by atoms with van der Waals surface area (Å²) in [4.78, 5) is 7.69. The first-order chi connectivity index (χ1) is 8.19. The lowest BCUT2D eigenvalue weighted by atomic mass is 10.1. The van der Waals surface area contributed by atoms with Crippen LogP contribution in [0.15, 0.2) is 30.5 Å². The Morgan fingerprint density at radius 1 is 1.47 bits per heavy atom. The second kappa shape index (κ2) is 5.34. The quantitative estimate of drug-likeness (QED) is 0.875. The second-order valence-corrected chi connectivity index (χ2v) is 4.54. The summed E-state index contributed by atoms with van der Waals surface area (Å²) in [6, 6.07) is 8.14. The van der Waals surface area contributed by atoms with Crippen LogP contribution in [0, 0.1) is 0 Å². The maximum atomic E-state index is 5.95. The average molecular weight is 250 g/mol. The molecule has 2 rings (SSSR count). The molecule has 0 amide bonds. The van der Waals surface area contributed by atoms with Crippen LogP contribution in [0.1, 0.15) is 30.0 Å². The Morgan fingerprint density at radius 2 is 2.29 bits per heavy atom. The summed E-state index contributed by atoms with van der Waals surface area (Å²) < 4.78 is 0. The largest absolute Gasteiger partial charge is 0.344 e. The summed E-state index contributed by atoms with van der Waals surface area (Å²) >= 11 is 5.95. The molecule has 1 atom stereocenters. The van der Waals surface area contributed by atoms with E-state index in [9.17, 15) is 0 Å². The van der Waals surface area contributed by atoms with Crippen molar-refractivity contribution in [3.8, 4) is 0 Å². The Kier molecular flexibility index (Phi) is 3.82. The van der Waals surface area contributed by atoms with E-state index in [0.29, 0.717) is 0 Å². The predicted octanol–water partition coefficient (Wildman–Crippen LogP) is 2.93. The number of hydrogen-bond donors (Lipinski definition) is 2. The van der Waals surface area contributed by atoms with E-state index in [-0.39, 0.29) is 6.04 Å². The highest BCUT2D eigenvalue weighted by Crippen LogP contribution is 2.15. The summed E-state index contributed by atoms with van der Waals surface area (Å²) in [6.45, 7) is 2.09. The minimum absolute atomic E-state index is 0.288. The number of aromatic nitrogens is 2. The Balaban J connectivity index is 2.11. The third-order valence-electron chi connectivity index (χ3n) is 2.81. The van der Waals surface area contributed by atoms with E-state index < -0.39 is 0 Å². The number of rotatable bonds is 4. The second-order valence-electron chi connectivity index (χ2n) is 4.10. The molecule has 0 aliphatic heterocycles. The van der Waals surface area contributed by atoms with E-state index >= 15 is 0 Å². The monoisotopic (exact) mass is 249 g/mol. The van der Waals surface area contributed by atoms with Gasteiger partial charge < -0.3 is 10.3 Å². The van der Waals surface area contributed by atoms with Gasteiger partial charge in [-0.1, -0.05) is 23.7 Å². The SMILES string of the molecule is CNC(C)c1cnc(Cc2cccc(Cl)c2)[nH]1. The lowest BCUT2D eigenvalue weighted by Crippen LogP contribution is -2.12. The van der Waals surface area contributed by atoms with E-state index in [1.54, 1.807) is 0 Å². The molecule has 1 aromatic carbocycles. The summed E-state index contributed by atoms with van der Waals surface area (Å²) in [5, 5.41) is 3.94. The zero-order chi connectivity index (χ0) is 12.3. The molecule has 4 heteroatoms. The van der Waals surface area contributed by atoms with Crippen LogP contribution in [-0.4, -0.2) is 17.0 Å². The molecule has 0 aliphatic rings. The van der Waals surface area contributed by atoms with Crippen LogP contribution in [0.3, 0.4) is 0 Å². The van der Waals surface area contributed by atoms with Crippen LogP contribution < -0.4 is 5.32 Å². The van der Waals surface area contributed by atoms with Gasteiger partial charge in [-0.25, -0.2) is 4.98 Å². The van der Waals surface area contributed by atoms with Crippen molar-refractivity contribution < 1.29 is 0 Å². The Hall–Kier alpha value is -1.32. The fourth-order valence-electron chi connectivity index (χ4n) is 1.68.